The van der Waals surface area contributed by atoms with Crippen LogP contribution in [0.5, 0.6) is 5.75 Å². The third-order valence-electron chi connectivity index (χ3n) is 6.02. The normalized spacial score (nSPS) is 12.3. The molecule has 1 atom stereocenters. The molecule has 190 valence electrons. The minimum absolute atomic E-state index is 0.0424. The van der Waals surface area contributed by atoms with Gasteiger partial charge in [-0.25, -0.2) is 0 Å². The van der Waals surface area contributed by atoms with Gasteiger partial charge < -0.3 is 26.0 Å². The number of hydrogen-bond acceptors (Lipinski definition) is 7. The molecule has 0 radical (unpaired) electrons. The van der Waals surface area contributed by atoms with Crippen LogP contribution in [0.15, 0.2) is 58.1 Å². The van der Waals surface area contributed by atoms with Gasteiger partial charge in [-0.15, -0.1) is 0 Å². The molecule has 9 nitrogen and oxygen atoms in total. The number of carbonyl (C=O) groups excluding carboxylic acids is 2. The lowest BCUT2D eigenvalue weighted by molar-refractivity contribution is -0.124. The van der Waals surface area contributed by atoms with Crippen molar-refractivity contribution in [3.8, 4) is 5.75 Å². The summed E-state index contributed by atoms with van der Waals surface area (Å²) in [4.78, 5) is 51.7. The molecule has 0 fully saturated rings. The number of hydrogen-bond donors (Lipinski definition) is 4. The zero-order valence-electron chi connectivity index (χ0n) is 21.3. The predicted octanol–water partition coefficient (Wildman–Crippen LogP) is 2.92. The Kier molecular flexibility index (Phi) is 7.52. The SMILES string of the molecule is CC(C)[C@@H](Nc1c(Nc2cccc(C(=O)N(C)C)c2O)c(=O)c1=O)C(=O)NC(C)(C)c1ccccc1. The van der Waals surface area contributed by atoms with Crippen molar-refractivity contribution in [3.63, 3.8) is 0 Å². The number of benzene rings is 2. The first-order valence-electron chi connectivity index (χ1n) is 11.6. The monoisotopic (exact) mass is 492 g/mol. The first kappa shape index (κ1) is 26.5. The first-order chi connectivity index (χ1) is 16.8. The fourth-order valence-electron chi connectivity index (χ4n) is 3.84. The summed E-state index contributed by atoms with van der Waals surface area (Å²) in [6.07, 6.45) is 0. The topological polar surface area (TPSA) is 128 Å². The van der Waals surface area contributed by atoms with Gasteiger partial charge >= 0.3 is 0 Å². The summed E-state index contributed by atoms with van der Waals surface area (Å²) >= 11 is 0. The van der Waals surface area contributed by atoms with E-state index in [9.17, 15) is 24.3 Å². The van der Waals surface area contributed by atoms with Crippen LogP contribution < -0.4 is 26.8 Å². The van der Waals surface area contributed by atoms with Gasteiger partial charge in [-0.05, 0) is 37.5 Å². The smallest absolute Gasteiger partial charge is 0.257 e. The van der Waals surface area contributed by atoms with Gasteiger partial charge in [0.1, 0.15) is 17.4 Å². The van der Waals surface area contributed by atoms with Crippen molar-refractivity contribution in [3.05, 3.63) is 80.1 Å². The molecule has 0 aromatic heterocycles. The average molecular weight is 493 g/mol. The van der Waals surface area contributed by atoms with E-state index in [0.29, 0.717) is 0 Å². The Morgan fingerprint density at radius 1 is 0.917 bits per heavy atom. The van der Waals surface area contributed by atoms with Crippen molar-refractivity contribution in [2.24, 2.45) is 5.92 Å². The highest BCUT2D eigenvalue weighted by atomic mass is 16.3. The molecule has 0 aliphatic rings. The fraction of sp³-hybridized carbons (Fsp3) is 0.333. The van der Waals surface area contributed by atoms with Crippen molar-refractivity contribution in [2.75, 3.05) is 24.7 Å². The van der Waals surface area contributed by atoms with E-state index in [-0.39, 0.29) is 40.2 Å². The molecule has 3 aromatic carbocycles. The quantitative estimate of drug-likeness (QED) is 0.267. The highest BCUT2D eigenvalue weighted by molar-refractivity contribution is 5.99. The number of nitrogens with zero attached hydrogens (tertiary/aromatic N) is 1. The summed E-state index contributed by atoms with van der Waals surface area (Å²) < 4.78 is 0. The maximum atomic E-state index is 13.2. The third-order valence-corrected chi connectivity index (χ3v) is 6.02. The highest BCUT2D eigenvalue weighted by Gasteiger charge is 2.32. The van der Waals surface area contributed by atoms with Crippen molar-refractivity contribution in [2.45, 2.75) is 39.3 Å². The minimum atomic E-state index is -0.813. The maximum Gasteiger partial charge on any atom is 0.257 e. The van der Waals surface area contributed by atoms with E-state index in [4.69, 9.17) is 0 Å². The molecule has 0 saturated carbocycles. The number of anilines is 3. The molecule has 0 unspecified atom stereocenters. The number of rotatable bonds is 9. The molecule has 0 heterocycles. The summed E-state index contributed by atoms with van der Waals surface area (Å²) in [7, 11) is 3.10. The average Bonchev–Trinajstić information content (AvgIpc) is 2.83. The van der Waals surface area contributed by atoms with Crippen LogP contribution in [0.1, 0.15) is 43.6 Å². The van der Waals surface area contributed by atoms with Crippen LogP contribution in [0.2, 0.25) is 0 Å². The molecular formula is C27H32N4O5. The predicted molar refractivity (Wildman–Crippen MR) is 141 cm³/mol. The Labute approximate surface area is 209 Å². The fourth-order valence-corrected chi connectivity index (χ4v) is 3.84. The van der Waals surface area contributed by atoms with Crippen LogP contribution >= 0.6 is 0 Å². The number of carbonyl (C=O) groups is 2. The highest BCUT2D eigenvalue weighted by Crippen LogP contribution is 2.32. The van der Waals surface area contributed by atoms with Crippen LogP contribution in [0.25, 0.3) is 0 Å². The summed E-state index contributed by atoms with van der Waals surface area (Å²) in [6.45, 7) is 7.42. The largest absolute Gasteiger partial charge is 0.505 e. The number of nitrogens with one attached hydrogen (secondary N) is 3. The molecule has 0 bridgehead atoms. The van der Waals surface area contributed by atoms with Crippen LogP contribution in [0.4, 0.5) is 17.1 Å². The number of phenols is 1. The van der Waals surface area contributed by atoms with E-state index < -0.39 is 28.3 Å². The molecule has 36 heavy (non-hydrogen) atoms. The van der Waals surface area contributed by atoms with E-state index in [0.717, 1.165) is 5.56 Å². The van der Waals surface area contributed by atoms with Gasteiger partial charge in [0.2, 0.25) is 5.91 Å². The summed E-state index contributed by atoms with van der Waals surface area (Å²) in [5.74, 6) is -1.32. The van der Waals surface area contributed by atoms with Gasteiger partial charge in [0.15, 0.2) is 5.75 Å². The second kappa shape index (κ2) is 10.2. The Hall–Kier alpha value is -4.14. The molecule has 2 amide bonds. The Morgan fingerprint density at radius 3 is 2.11 bits per heavy atom. The lowest BCUT2D eigenvalue weighted by Gasteiger charge is -2.31. The van der Waals surface area contributed by atoms with E-state index in [2.05, 4.69) is 16.0 Å². The van der Waals surface area contributed by atoms with Crippen LogP contribution in [-0.2, 0) is 10.3 Å². The van der Waals surface area contributed by atoms with Gasteiger partial charge in [-0.3, -0.25) is 19.2 Å². The molecule has 0 saturated heterocycles. The van der Waals surface area contributed by atoms with Gasteiger partial charge in [-0.1, -0.05) is 50.2 Å². The number of aromatic hydroxyl groups is 1. The standard InChI is InChI=1S/C27H32N4O5/c1-15(2)19(25(35)30-27(3,4)16-11-8-7-9-12-16)29-21-20(23(33)24(21)34)28-18-14-10-13-17(22(18)32)26(36)31(5)6/h7-15,19,28-29,32H,1-6H3,(H,30,35)/t19-/m1/s1. The van der Waals surface area contributed by atoms with Crippen molar-refractivity contribution >= 4 is 28.9 Å². The molecule has 0 spiro atoms. The van der Waals surface area contributed by atoms with Crippen molar-refractivity contribution in [1.82, 2.24) is 10.2 Å². The van der Waals surface area contributed by atoms with Crippen molar-refractivity contribution in [1.29, 1.82) is 0 Å². The molecular weight excluding hydrogens is 460 g/mol. The third kappa shape index (κ3) is 5.25. The van der Waals surface area contributed by atoms with Crippen LogP contribution in [0.3, 0.4) is 0 Å². The molecule has 0 aliphatic carbocycles. The van der Waals surface area contributed by atoms with E-state index >= 15 is 0 Å². The van der Waals surface area contributed by atoms with Crippen molar-refractivity contribution < 1.29 is 14.7 Å². The first-order valence-corrected chi connectivity index (χ1v) is 11.6. The van der Waals surface area contributed by atoms with E-state index in [1.807, 2.05) is 58.0 Å². The van der Waals surface area contributed by atoms with E-state index in [1.54, 1.807) is 20.2 Å². The minimum Gasteiger partial charge on any atom is -0.505 e. The second-order valence-electron chi connectivity index (χ2n) is 9.78. The summed E-state index contributed by atoms with van der Waals surface area (Å²) in [6, 6.07) is 13.2. The molecule has 9 heteroatoms. The van der Waals surface area contributed by atoms with Gasteiger partial charge in [0.25, 0.3) is 16.8 Å². The zero-order valence-corrected chi connectivity index (χ0v) is 21.3. The Morgan fingerprint density at radius 2 is 1.53 bits per heavy atom. The maximum absolute atomic E-state index is 13.2. The van der Waals surface area contributed by atoms with Crippen LogP contribution in [0, 0.1) is 5.92 Å². The van der Waals surface area contributed by atoms with Gasteiger partial charge in [0, 0.05) is 14.1 Å². The summed E-state index contributed by atoms with van der Waals surface area (Å²) in [5.41, 5.74) is -1.30. The summed E-state index contributed by atoms with van der Waals surface area (Å²) in [5, 5.41) is 19.3. The van der Waals surface area contributed by atoms with Gasteiger partial charge in [0.05, 0.1) is 16.8 Å². The molecule has 4 N–H and O–H groups in total. The number of amides is 2. The Balaban J connectivity index is 1.86. The molecule has 0 aliphatic heterocycles. The van der Waals surface area contributed by atoms with Gasteiger partial charge in [-0.2, -0.15) is 0 Å². The second-order valence-corrected chi connectivity index (χ2v) is 9.78. The van der Waals surface area contributed by atoms with Crippen LogP contribution in [-0.4, -0.2) is 42.0 Å². The number of phenolic OH excluding ortho intramolecular Hbond substituents is 1. The zero-order chi connectivity index (χ0) is 26.8. The molecule has 3 rings (SSSR count). The number of para-hydroxylation sites is 1. The lowest BCUT2D eigenvalue weighted by Crippen LogP contribution is -2.51. The van der Waals surface area contributed by atoms with E-state index in [1.165, 1.54) is 17.0 Å². The lowest BCUT2D eigenvalue weighted by atomic mass is 9.92. The molecule has 3 aromatic rings. The Bertz CT molecular complexity index is 1340.